The van der Waals surface area contributed by atoms with E-state index in [9.17, 15) is 67.7 Å². The quantitative estimate of drug-likeness (QED) is 0.0250. The molecule has 6 rings (SSSR count). The summed E-state index contributed by atoms with van der Waals surface area (Å²) in [5.74, 6) is -12.9. The number of aromatic nitrogens is 4. The number of nitrogens with zero attached hydrogens (tertiary/aromatic N) is 4. The molecule has 0 aliphatic carbocycles. The van der Waals surface area contributed by atoms with Crippen molar-refractivity contribution in [3.63, 3.8) is 0 Å². The summed E-state index contributed by atoms with van der Waals surface area (Å²) in [4.78, 5) is 213. The molecule has 0 bridgehead atoms. The molecule has 12 amide bonds. The van der Waals surface area contributed by atoms with Gasteiger partial charge in [-0.2, -0.15) is 0 Å². The van der Waals surface area contributed by atoms with E-state index in [1.54, 1.807) is 56.0 Å². The summed E-state index contributed by atoms with van der Waals surface area (Å²) in [6.45, 7) is 11.4. The third kappa shape index (κ3) is 27.4. The minimum Gasteiger partial charge on any atom is -0.508 e. The van der Waals surface area contributed by atoms with Gasteiger partial charge in [0.15, 0.2) is 5.78 Å². The number of nitrogens with one attached hydrogen (secondary N) is 13. The average Bonchev–Trinajstić information content (AvgIpc) is 1.80. The number of ketones is 1. The molecule has 0 radical (unpaired) electrons. The van der Waals surface area contributed by atoms with Crippen molar-refractivity contribution < 1.29 is 77.3 Å². The number of fused-ring (bicyclic) bond motifs is 1. The monoisotopic (exact) mass is 1470 g/mol. The van der Waals surface area contributed by atoms with E-state index in [0.29, 0.717) is 28.9 Å². The molecule has 103 heavy (non-hydrogen) atoms. The molecule has 2 fully saturated rings. The number of phenols is 1. The van der Waals surface area contributed by atoms with E-state index < -0.39 is 132 Å². The fourth-order valence-corrected chi connectivity index (χ4v) is 13.8. The average molecular weight is 1470 g/mol. The Morgan fingerprint density at radius 2 is 1.21 bits per heavy atom. The molecule has 33 nitrogen and oxygen atoms in total. The van der Waals surface area contributed by atoms with Gasteiger partial charge in [0, 0.05) is 108 Å². The van der Waals surface area contributed by atoms with Gasteiger partial charge in [0.2, 0.25) is 70.9 Å². The van der Waals surface area contributed by atoms with E-state index in [-0.39, 0.29) is 131 Å². The Hall–Kier alpha value is -9.90. The topological polar surface area (TPSA) is 476 Å². The molecule has 560 valence electrons. The predicted octanol–water partition coefficient (Wildman–Crippen LogP) is -1.41. The van der Waals surface area contributed by atoms with Gasteiger partial charge in [-0.25, -0.2) is 9.97 Å². The minimum absolute atomic E-state index is 0.0350. The number of carboxylic acids is 1. The standard InChI is InChI=1S/C68H95N17O16S2/c1-8-39(4)59(40(5)86)83-65(98)52(29-46-32-70-37-74-46)78-66(99)54-34-102-103-35-55(82-63(96)51(28-45-31-69-36-73-45)77-61(94)49(26-43-13-10-9-11-14-43)75-57(90)33-84(23-20-71-41(6)87)24-21-72-42(7)88)68(101)85-22-12-15-56(85)67(100)80-50(27-44-16-18-47(89)19-17-44)62(95)79-53(30-58(91)92)64(97)76-48(25-38(2)3)60(93)81-54/h9-11,13-14,16-19,31-32,36-39,48-56,59,89H,8,12,15,20-30,33-35H2,1-7H3,(H,69,73)(H,70,74)(H,71,87)(H,72,88)(H,75,90)(H,76,97)(H,77,94)(H,78,99)(H,79,95)(H,80,100)(H,81,93)(H,82,96)(H,83,98)(H,91,92)/t39?,48-,49-,50-,51-,52-,53-,54-,55-,56-,59-/m0/s1. The second kappa shape index (κ2) is 41.3. The molecule has 2 aliphatic heterocycles. The summed E-state index contributed by atoms with van der Waals surface area (Å²) >= 11 is 0. The van der Waals surface area contributed by atoms with Crippen LogP contribution in [0.4, 0.5) is 0 Å². The highest BCUT2D eigenvalue weighted by Gasteiger charge is 2.42. The number of imidazole rings is 2. The Morgan fingerprint density at radius 1 is 0.650 bits per heavy atom. The fourth-order valence-electron chi connectivity index (χ4n) is 11.5. The number of carbonyl (C=O) groups excluding carboxylic acids is 13. The molecule has 0 saturated carbocycles. The SMILES string of the molecule is CCC(C)[C@H](NC(=O)[C@H](Cc1cnc[nH]1)NC(=O)[C@@H]1CSSC[C@H](NC(=O)[C@H](Cc2cnc[nH]2)NC(=O)[C@H](Cc2ccccc2)NC(=O)CN(CCNC(C)=O)CCNC(C)=O)C(=O)N2CCC[C@H]2C(=O)N[C@@H](Cc2ccc(O)cc2)C(=O)N[C@@H](CC(=O)O)C(=O)N[C@@H](CC(C)C)C(=O)N1)C(C)=O. The molecule has 2 aromatic heterocycles. The summed E-state index contributed by atoms with van der Waals surface area (Å²) < 4.78 is 0. The van der Waals surface area contributed by atoms with Crippen molar-refractivity contribution in [1.82, 2.24) is 88.2 Å². The highest BCUT2D eigenvalue weighted by Crippen LogP contribution is 2.27. The first-order chi connectivity index (χ1) is 49.1. The van der Waals surface area contributed by atoms with Gasteiger partial charge in [0.25, 0.3) is 0 Å². The zero-order chi connectivity index (χ0) is 75.3. The Bertz CT molecular complexity index is 3530. The Morgan fingerprint density at radius 3 is 1.79 bits per heavy atom. The summed E-state index contributed by atoms with van der Waals surface area (Å²) in [6.07, 6.45) is 4.35. The lowest BCUT2D eigenvalue weighted by atomic mass is 9.95. The van der Waals surface area contributed by atoms with Crippen molar-refractivity contribution >= 4 is 104 Å². The lowest BCUT2D eigenvalue weighted by molar-refractivity contribution is -0.142. The number of rotatable bonds is 32. The van der Waals surface area contributed by atoms with E-state index in [0.717, 1.165) is 21.6 Å². The Labute approximate surface area is 604 Å². The molecule has 4 heterocycles. The van der Waals surface area contributed by atoms with Crippen molar-refractivity contribution in [2.75, 3.05) is 50.8 Å². The number of hydrogen-bond donors (Lipinski definition) is 15. The largest absolute Gasteiger partial charge is 0.508 e. The molecule has 2 aromatic carbocycles. The van der Waals surface area contributed by atoms with Crippen molar-refractivity contribution in [3.05, 3.63) is 102 Å². The number of H-pyrrole nitrogens is 2. The second-order valence-electron chi connectivity index (χ2n) is 25.9. The van der Waals surface area contributed by atoms with Crippen molar-refractivity contribution in [3.8, 4) is 5.75 Å². The number of aromatic hydroxyl groups is 1. The molecule has 0 spiro atoms. The lowest BCUT2D eigenvalue weighted by Crippen LogP contribution is -2.61. The third-order valence-electron chi connectivity index (χ3n) is 17.1. The summed E-state index contributed by atoms with van der Waals surface area (Å²) in [5.41, 5.74) is 1.75. The van der Waals surface area contributed by atoms with Crippen LogP contribution < -0.4 is 58.5 Å². The fraction of sp³-hybridized carbons (Fsp3) is 0.529. The van der Waals surface area contributed by atoms with Crippen LogP contribution in [0.3, 0.4) is 0 Å². The number of aromatic amines is 2. The molecule has 1 unspecified atom stereocenters. The molecular formula is C68H95N17O16S2. The molecular weight excluding hydrogens is 1370 g/mol. The first kappa shape index (κ1) is 82.1. The van der Waals surface area contributed by atoms with Gasteiger partial charge in [-0.05, 0) is 61.3 Å². The molecule has 2 aliphatic rings. The summed E-state index contributed by atoms with van der Waals surface area (Å²) in [5, 5.41) is 49.9. The van der Waals surface area contributed by atoms with Crippen LogP contribution in [0.2, 0.25) is 0 Å². The first-order valence-corrected chi connectivity index (χ1v) is 36.5. The van der Waals surface area contributed by atoms with Crippen LogP contribution in [-0.4, -0.2) is 234 Å². The van der Waals surface area contributed by atoms with E-state index in [2.05, 4.69) is 78.4 Å². The first-order valence-electron chi connectivity index (χ1n) is 34.0. The Balaban J connectivity index is 1.41. The molecule has 35 heteroatoms. The van der Waals surface area contributed by atoms with Gasteiger partial charge in [-0.3, -0.25) is 72.0 Å². The van der Waals surface area contributed by atoms with Gasteiger partial charge in [0.05, 0.1) is 31.7 Å². The van der Waals surface area contributed by atoms with Crippen molar-refractivity contribution in [1.29, 1.82) is 0 Å². The number of benzene rings is 2. The van der Waals surface area contributed by atoms with Crippen LogP contribution in [0.5, 0.6) is 5.75 Å². The third-order valence-corrected chi connectivity index (χ3v) is 19.5. The number of carboxylic acid groups (broad SMARTS) is 1. The minimum atomic E-state index is -1.89. The maximum absolute atomic E-state index is 15.5. The highest BCUT2D eigenvalue weighted by atomic mass is 33.1. The van der Waals surface area contributed by atoms with Gasteiger partial charge < -0.3 is 83.6 Å². The maximum atomic E-state index is 15.5. The second-order valence-corrected chi connectivity index (χ2v) is 28.4. The molecule has 4 aromatic rings. The summed E-state index contributed by atoms with van der Waals surface area (Å²) in [6, 6.07) is -0.453. The number of aliphatic carboxylic acids is 1. The van der Waals surface area contributed by atoms with Gasteiger partial charge in [0.1, 0.15) is 60.1 Å². The number of phenolic OH excluding ortho intramolecular Hbond substituents is 1. The number of amides is 12. The maximum Gasteiger partial charge on any atom is 0.305 e. The van der Waals surface area contributed by atoms with Gasteiger partial charge in [-0.15, -0.1) is 0 Å². The normalized spacial score (nSPS) is 20.0. The number of carbonyl (C=O) groups is 14. The van der Waals surface area contributed by atoms with Crippen LogP contribution in [0, 0.1) is 11.8 Å². The van der Waals surface area contributed by atoms with Crippen LogP contribution >= 0.6 is 21.6 Å². The van der Waals surface area contributed by atoms with Gasteiger partial charge >= 0.3 is 5.97 Å². The number of hydrogen-bond acceptors (Lipinski definition) is 20. The predicted molar refractivity (Wildman–Crippen MR) is 379 cm³/mol. The Kier molecular flexibility index (Phi) is 32.9. The molecule has 15 N–H and O–H groups in total. The van der Waals surface area contributed by atoms with Crippen LogP contribution in [0.1, 0.15) is 103 Å². The van der Waals surface area contributed by atoms with Crippen LogP contribution in [0.25, 0.3) is 0 Å². The summed E-state index contributed by atoms with van der Waals surface area (Å²) in [7, 11) is 1.88. The van der Waals surface area contributed by atoms with Crippen LogP contribution in [-0.2, 0) is 92.8 Å². The van der Waals surface area contributed by atoms with E-state index in [1.165, 1.54) is 75.0 Å². The number of Topliss-reactive ketones (excluding diaryl/α,β-unsaturated/α-hetero) is 1. The van der Waals surface area contributed by atoms with E-state index in [4.69, 9.17) is 0 Å². The lowest BCUT2D eigenvalue weighted by Gasteiger charge is -2.31. The van der Waals surface area contributed by atoms with Crippen molar-refractivity contribution in [2.24, 2.45) is 11.8 Å². The highest BCUT2D eigenvalue weighted by molar-refractivity contribution is 8.76. The molecule has 2 saturated heterocycles. The zero-order valence-electron chi connectivity index (χ0n) is 58.7. The molecule has 11 atom stereocenters. The zero-order valence-corrected chi connectivity index (χ0v) is 60.3. The van der Waals surface area contributed by atoms with E-state index in [1.807, 2.05) is 6.92 Å². The van der Waals surface area contributed by atoms with E-state index >= 15 is 9.59 Å². The van der Waals surface area contributed by atoms with Crippen molar-refractivity contribution in [2.45, 2.75) is 167 Å². The smallest absolute Gasteiger partial charge is 0.305 e. The van der Waals surface area contributed by atoms with Gasteiger partial charge in [-0.1, -0.05) is 98.2 Å². The van der Waals surface area contributed by atoms with Crippen LogP contribution in [0.15, 0.2) is 79.6 Å².